The maximum atomic E-state index is 11.5. The molecule has 0 radical (unpaired) electrons. The van der Waals surface area contributed by atoms with E-state index in [9.17, 15) is 4.79 Å². The largest absolute Gasteiger partial charge is 0.467 e. The van der Waals surface area contributed by atoms with E-state index >= 15 is 0 Å². The van der Waals surface area contributed by atoms with Crippen molar-refractivity contribution in [1.82, 2.24) is 0 Å². The predicted octanol–water partition coefficient (Wildman–Crippen LogP) is 2.61. The molecule has 90 valence electrons. The number of benzene rings is 1. The molecule has 0 saturated heterocycles. The van der Waals surface area contributed by atoms with Gasteiger partial charge in [-0.15, -0.1) is 0 Å². The third-order valence-electron chi connectivity index (χ3n) is 2.27. The summed E-state index contributed by atoms with van der Waals surface area (Å²) in [5.74, 6) is -0.310. The second-order valence-electron chi connectivity index (χ2n) is 3.53. The van der Waals surface area contributed by atoms with E-state index in [-0.39, 0.29) is 5.97 Å². The van der Waals surface area contributed by atoms with Gasteiger partial charge in [-0.05, 0) is 18.9 Å². The molecule has 1 atom stereocenters. The molecule has 0 amide bonds. The molecule has 0 heterocycles. The zero-order valence-electron chi connectivity index (χ0n) is 10.2. The smallest absolute Gasteiger partial charge is 0.330 e. The van der Waals surface area contributed by atoms with E-state index in [0.717, 1.165) is 5.56 Å². The van der Waals surface area contributed by atoms with Gasteiger partial charge in [0.1, 0.15) is 0 Å². The second-order valence-corrected chi connectivity index (χ2v) is 3.53. The van der Waals surface area contributed by atoms with Crippen LogP contribution in [0.25, 0.3) is 0 Å². The van der Waals surface area contributed by atoms with E-state index in [0.29, 0.717) is 6.42 Å². The van der Waals surface area contributed by atoms with Crippen LogP contribution in [0.3, 0.4) is 0 Å². The summed E-state index contributed by atoms with van der Waals surface area (Å²) in [6, 6.07) is 9.22. The molecule has 0 aliphatic carbocycles. The first-order chi connectivity index (χ1) is 8.27. The van der Waals surface area contributed by atoms with Gasteiger partial charge in [0, 0.05) is 6.21 Å². The van der Waals surface area contributed by atoms with Crippen LogP contribution in [0.2, 0.25) is 0 Å². The van der Waals surface area contributed by atoms with Gasteiger partial charge in [-0.25, -0.2) is 4.79 Å². The van der Waals surface area contributed by atoms with Crippen molar-refractivity contribution in [2.45, 2.75) is 19.4 Å². The number of aliphatic imine (C=N–C) groups is 1. The number of methoxy groups -OCH3 is 1. The summed E-state index contributed by atoms with van der Waals surface area (Å²) >= 11 is 0. The van der Waals surface area contributed by atoms with E-state index < -0.39 is 6.04 Å². The van der Waals surface area contributed by atoms with Gasteiger partial charge < -0.3 is 4.74 Å². The zero-order valence-corrected chi connectivity index (χ0v) is 10.2. The zero-order chi connectivity index (χ0) is 12.5. The average molecular weight is 231 g/mol. The summed E-state index contributed by atoms with van der Waals surface area (Å²) in [7, 11) is 1.38. The highest BCUT2D eigenvalue weighted by atomic mass is 16.5. The Hall–Kier alpha value is -1.90. The van der Waals surface area contributed by atoms with Crippen molar-refractivity contribution >= 4 is 12.2 Å². The van der Waals surface area contributed by atoms with Gasteiger partial charge in [0.15, 0.2) is 6.04 Å². The van der Waals surface area contributed by atoms with Gasteiger partial charge in [0.25, 0.3) is 0 Å². The Kier molecular flexibility index (Phi) is 5.72. The van der Waals surface area contributed by atoms with Crippen molar-refractivity contribution in [2.75, 3.05) is 7.11 Å². The van der Waals surface area contributed by atoms with Crippen LogP contribution in [0, 0.1) is 0 Å². The molecule has 1 unspecified atom stereocenters. The Labute approximate surface area is 102 Å². The van der Waals surface area contributed by atoms with Crippen LogP contribution < -0.4 is 0 Å². The van der Waals surface area contributed by atoms with Crippen molar-refractivity contribution in [3.8, 4) is 0 Å². The monoisotopic (exact) mass is 231 g/mol. The summed E-state index contributed by atoms with van der Waals surface area (Å²) < 4.78 is 4.71. The molecule has 0 bridgehead atoms. The fraction of sp³-hybridized carbons (Fsp3) is 0.286. The maximum absolute atomic E-state index is 11.5. The molecule has 3 nitrogen and oxygen atoms in total. The number of nitrogens with zero attached hydrogens (tertiary/aromatic N) is 1. The standard InChI is InChI=1S/C14H17NO2/c1-3-4-10-13(14(16)17-2)15-11-12-8-6-5-7-9-12/h3-9,11,13H,10H2,1-2H3/b4-3+,15-11?. The van der Waals surface area contributed by atoms with Gasteiger partial charge in [0.05, 0.1) is 7.11 Å². The highest BCUT2D eigenvalue weighted by molar-refractivity contribution is 5.84. The number of rotatable bonds is 5. The first-order valence-corrected chi connectivity index (χ1v) is 5.55. The minimum Gasteiger partial charge on any atom is -0.467 e. The van der Waals surface area contributed by atoms with E-state index in [1.54, 1.807) is 6.21 Å². The summed E-state index contributed by atoms with van der Waals surface area (Å²) in [6.45, 7) is 1.91. The van der Waals surface area contributed by atoms with Crippen LogP contribution in [0.4, 0.5) is 0 Å². The molecule has 0 N–H and O–H groups in total. The summed E-state index contributed by atoms with van der Waals surface area (Å²) in [6.07, 6.45) is 6.06. The van der Waals surface area contributed by atoms with Gasteiger partial charge in [-0.1, -0.05) is 42.5 Å². The molecular weight excluding hydrogens is 214 g/mol. The number of esters is 1. The summed E-state index contributed by atoms with van der Waals surface area (Å²) in [4.78, 5) is 15.7. The number of allylic oxidation sites excluding steroid dienone is 1. The van der Waals surface area contributed by atoms with E-state index in [1.807, 2.05) is 49.4 Å². The van der Waals surface area contributed by atoms with Crippen LogP contribution in [-0.4, -0.2) is 25.3 Å². The first kappa shape index (κ1) is 13.2. The lowest BCUT2D eigenvalue weighted by Gasteiger charge is -2.06. The highest BCUT2D eigenvalue weighted by Crippen LogP contribution is 2.03. The number of hydrogen-bond acceptors (Lipinski definition) is 3. The number of ether oxygens (including phenoxy) is 1. The normalized spacial score (nSPS) is 13.1. The van der Waals surface area contributed by atoms with Crippen molar-refractivity contribution < 1.29 is 9.53 Å². The molecule has 0 aliphatic rings. The Balaban J connectivity index is 2.72. The van der Waals surface area contributed by atoms with Gasteiger partial charge in [-0.2, -0.15) is 0 Å². The van der Waals surface area contributed by atoms with Crippen molar-refractivity contribution in [2.24, 2.45) is 4.99 Å². The maximum Gasteiger partial charge on any atom is 0.330 e. The van der Waals surface area contributed by atoms with Crippen LogP contribution in [0.5, 0.6) is 0 Å². The minimum atomic E-state index is -0.462. The average Bonchev–Trinajstić information content (AvgIpc) is 2.39. The molecule has 0 fully saturated rings. The van der Waals surface area contributed by atoms with Crippen LogP contribution >= 0.6 is 0 Å². The molecule has 3 heteroatoms. The van der Waals surface area contributed by atoms with Gasteiger partial charge in [0.2, 0.25) is 0 Å². The van der Waals surface area contributed by atoms with Crippen LogP contribution in [0.15, 0.2) is 47.5 Å². The van der Waals surface area contributed by atoms with Gasteiger partial charge in [-0.3, -0.25) is 4.99 Å². The SMILES string of the molecule is C/C=C/CC(N=Cc1ccccc1)C(=O)OC. The van der Waals surface area contributed by atoms with Crippen LogP contribution in [0.1, 0.15) is 18.9 Å². The predicted molar refractivity (Wildman–Crippen MR) is 69.3 cm³/mol. The number of carbonyl (C=O) groups excluding carboxylic acids is 1. The Morgan fingerprint density at radius 3 is 2.71 bits per heavy atom. The van der Waals surface area contributed by atoms with E-state index in [1.165, 1.54) is 7.11 Å². The Morgan fingerprint density at radius 1 is 1.41 bits per heavy atom. The van der Waals surface area contributed by atoms with Crippen molar-refractivity contribution in [3.63, 3.8) is 0 Å². The molecule has 1 aromatic carbocycles. The minimum absolute atomic E-state index is 0.310. The molecule has 0 saturated carbocycles. The molecule has 17 heavy (non-hydrogen) atoms. The van der Waals surface area contributed by atoms with E-state index in [4.69, 9.17) is 4.74 Å². The number of hydrogen-bond donors (Lipinski definition) is 0. The fourth-order valence-corrected chi connectivity index (χ4v) is 1.33. The van der Waals surface area contributed by atoms with Gasteiger partial charge >= 0.3 is 5.97 Å². The van der Waals surface area contributed by atoms with E-state index in [2.05, 4.69) is 4.99 Å². The lowest BCUT2D eigenvalue weighted by molar-refractivity contribution is -0.141. The quantitative estimate of drug-likeness (QED) is 0.444. The molecule has 0 aliphatic heterocycles. The lowest BCUT2D eigenvalue weighted by atomic mass is 10.2. The van der Waals surface area contributed by atoms with Crippen molar-refractivity contribution in [3.05, 3.63) is 48.0 Å². The molecular formula is C14H17NO2. The van der Waals surface area contributed by atoms with Crippen molar-refractivity contribution in [1.29, 1.82) is 0 Å². The Morgan fingerprint density at radius 2 is 2.12 bits per heavy atom. The number of carbonyl (C=O) groups is 1. The third-order valence-corrected chi connectivity index (χ3v) is 2.27. The molecule has 0 aromatic heterocycles. The lowest BCUT2D eigenvalue weighted by Crippen LogP contribution is -2.19. The third kappa shape index (κ3) is 4.64. The fourth-order valence-electron chi connectivity index (χ4n) is 1.33. The summed E-state index contributed by atoms with van der Waals surface area (Å²) in [5.41, 5.74) is 0.974. The Bertz CT molecular complexity index is 396. The molecule has 1 aromatic rings. The molecule has 0 spiro atoms. The topological polar surface area (TPSA) is 38.7 Å². The second kappa shape index (κ2) is 7.39. The molecule has 1 rings (SSSR count). The van der Waals surface area contributed by atoms with Crippen LogP contribution in [-0.2, 0) is 9.53 Å². The first-order valence-electron chi connectivity index (χ1n) is 5.55. The summed E-state index contributed by atoms with van der Waals surface area (Å²) in [5, 5.41) is 0. The highest BCUT2D eigenvalue weighted by Gasteiger charge is 2.14.